The van der Waals surface area contributed by atoms with Gasteiger partial charge in [-0.15, -0.1) is 16.4 Å². The molecule has 1 fully saturated rings. The van der Waals surface area contributed by atoms with Crippen molar-refractivity contribution in [2.24, 2.45) is 0 Å². The topological polar surface area (TPSA) is 66.6 Å². The van der Waals surface area contributed by atoms with Crippen LogP contribution in [-0.4, -0.2) is 31.2 Å². The van der Waals surface area contributed by atoms with E-state index in [1.165, 1.54) is 17.4 Å². The summed E-state index contributed by atoms with van der Waals surface area (Å²) in [5.41, 5.74) is 3.24. The molecule has 6 nitrogen and oxygen atoms in total. The number of aliphatic hydroxyl groups excluding tert-OH is 1. The van der Waals surface area contributed by atoms with Crippen molar-refractivity contribution in [3.05, 3.63) is 64.4 Å². The predicted molar refractivity (Wildman–Crippen MR) is 106 cm³/mol. The maximum absolute atomic E-state index is 13.7. The number of aromatic nitrogens is 4. The van der Waals surface area contributed by atoms with E-state index in [0.717, 1.165) is 47.8 Å². The third-order valence-corrected chi connectivity index (χ3v) is 5.91. The Labute approximate surface area is 164 Å². The largest absolute Gasteiger partial charge is 0.389 e. The molecule has 8 heteroatoms. The normalized spacial score (nSPS) is 16.9. The summed E-state index contributed by atoms with van der Waals surface area (Å²) in [7, 11) is 0. The van der Waals surface area contributed by atoms with Crippen molar-refractivity contribution in [2.75, 3.05) is 11.4 Å². The van der Waals surface area contributed by atoms with Crippen molar-refractivity contribution in [1.29, 1.82) is 0 Å². The SMILES string of the molecule is OCc1nc(-c2cnc3ccc(N4CCCC4c4cccc(F)c4)nn23)cs1. The van der Waals surface area contributed by atoms with Crippen LogP contribution in [0.15, 0.2) is 48.0 Å². The number of hydrogen-bond donors (Lipinski definition) is 1. The molecular weight excluding hydrogens is 377 g/mol. The molecule has 1 aromatic carbocycles. The van der Waals surface area contributed by atoms with E-state index in [4.69, 9.17) is 5.10 Å². The number of nitrogens with zero attached hydrogens (tertiary/aromatic N) is 5. The van der Waals surface area contributed by atoms with Gasteiger partial charge in [-0.3, -0.25) is 0 Å². The Bertz CT molecular complexity index is 1140. The van der Waals surface area contributed by atoms with Crippen molar-refractivity contribution in [3.63, 3.8) is 0 Å². The lowest BCUT2D eigenvalue weighted by molar-refractivity contribution is 0.281. The molecule has 0 radical (unpaired) electrons. The first-order chi connectivity index (χ1) is 13.7. The smallest absolute Gasteiger partial charge is 0.154 e. The first-order valence-corrected chi connectivity index (χ1v) is 10.0. The van der Waals surface area contributed by atoms with E-state index in [1.807, 2.05) is 23.6 Å². The molecule has 5 rings (SSSR count). The highest BCUT2D eigenvalue weighted by Gasteiger charge is 2.28. The summed E-state index contributed by atoms with van der Waals surface area (Å²) in [4.78, 5) is 11.1. The fourth-order valence-electron chi connectivity index (χ4n) is 3.79. The highest BCUT2D eigenvalue weighted by molar-refractivity contribution is 7.09. The fraction of sp³-hybridized carbons (Fsp3) is 0.250. The quantitative estimate of drug-likeness (QED) is 0.569. The third-order valence-electron chi connectivity index (χ3n) is 5.08. The third kappa shape index (κ3) is 2.94. The minimum absolute atomic E-state index is 0.0802. The predicted octanol–water partition coefficient (Wildman–Crippen LogP) is 3.83. The van der Waals surface area contributed by atoms with Gasteiger partial charge in [0.05, 0.1) is 18.8 Å². The Hall–Kier alpha value is -2.84. The first-order valence-electron chi connectivity index (χ1n) is 9.15. The lowest BCUT2D eigenvalue weighted by Crippen LogP contribution is -2.24. The summed E-state index contributed by atoms with van der Waals surface area (Å²) in [6.07, 6.45) is 3.74. The van der Waals surface area contributed by atoms with Crippen LogP contribution in [-0.2, 0) is 6.61 Å². The molecule has 1 N–H and O–H groups in total. The molecule has 3 aromatic heterocycles. The Morgan fingerprint density at radius 3 is 3.00 bits per heavy atom. The molecule has 1 saturated heterocycles. The molecule has 0 aliphatic carbocycles. The van der Waals surface area contributed by atoms with E-state index < -0.39 is 0 Å². The molecule has 1 aliphatic rings. The molecule has 0 amide bonds. The van der Waals surface area contributed by atoms with Gasteiger partial charge in [-0.05, 0) is 42.7 Å². The molecule has 1 unspecified atom stereocenters. The van der Waals surface area contributed by atoms with Gasteiger partial charge in [0.2, 0.25) is 0 Å². The van der Waals surface area contributed by atoms with Crippen LogP contribution in [0.4, 0.5) is 10.2 Å². The van der Waals surface area contributed by atoms with Crippen LogP contribution < -0.4 is 4.90 Å². The van der Waals surface area contributed by atoms with E-state index in [0.29, 0.717) is 5.01 Å². The lowest BCUT2D eigenvalue weighted by atomic mass is 10.0. The number of halogens is 1. The van der Waals surface area contributed by atoms with Crippen molar-refractivity contribution in [2.45, 2.75) is 25.5 Å². The zero-order valence-electron chi connectivity index (χ0n) is 15.0. The van der Waals surface area contributed by atoms with Crippen LogP contribution in [0.2, 0.25) is 0 Å². The van der Waals surface area contributed by atoms with Crippen LogP contribution in [0.25, 0.3) is 17.0 Å². The minimum Gasteiger partial charge on any atom is -0.389 e. The van der Waals surface area contributed by atoms with Gasteiger partial charge in [-0.25, -0.2) is 18.9 Å². The second kappa shape index (κ2) is 6.96. The number of aliphatic hydroxyl groups is 1. The fourth-order valence-corrected chi connectivity index (χ4v) is 4.44. The molecule has 1 atom stereocenters. The molecule has 28 heavy (non-hydrogen) atoms. The molecular formula is C20H18FN5OS. The van der Waals surface area contributed by atoms with Crippen molar-refractivity contribution in [1.82, 2.24) is 19.6 Å². The Morgan fingerprint density at radius 2 is 2.18 bits per heavy atom. The molecule has 4 aromatic rings. The van der Waals surface area contributed by atoms with E-state index in [1.54, 1.807) is 22.8 Å². The molecule has 4 heterocycles. The Morgan fingerprint density at radius 1 is 1.25 bits per heavy atom. The summed E-state index contributed by atoms with van der Waals surface area (Å²) in [6, 6.07) is 10.8. The molecule has 1 aliphatic heterocycles. The van der Waals surface area contributed by atoms with E-state index >= 15 is 0 Å². The van der Waals surface area contributed by atoms with Crippen LogP contribution in [0.5, 0.6) is 0 Å². The summed E-state index contributed by atoms with van der Waals surface area (Å²) >= 11 is 1.41. The maximum atomic E-state index is 13.7. The molecule has 142 valence electrons. The number of thiazole rings is 1. The summed E-state index contributed by atoms with van der Waals surface area (Å²) < 4.78 is 15.5. The number of fused-ring (bicyclic) bond motifs is 1. The van der Waals surface area contributed by atoms with Gasteiger partial charge in [0.1, 0.15) is 28.0 Å². The van der Waals surface area contributed by atoms with Crippen LogP contribution in [0, 0.1) is 5.82 Å². The minimum atomic E-state index is -0.215. The lowest BCUT2D eigenvalue weighted by Gasteiger charge is -2.26. The monoisotopic (exact) mass is 395 g/mol. The van der Waals surface area contributed by atoms with Crippen molar-refractivity contribution < 1.29 is 9.50 Å². The number of anilines is 1. The van der Waals surface area contributed by atoms with E-state index in [9.17, 15) is 9.50 Å². The molecule has 0 saturated carbocycles. The summed E-state index contributed by atoms with van der Waals surface area (Å²) in [5.74, 6) is 0.615. The first kappa shape index (κ1) is 17.3. The number of hydrogen-bond acceptors (Lipinski definition) is 6. The van der Waals surface area contributed by atoms with Crippen LogP contribution in [0.3, 0.4) is 0 Å². The van der Waals surface area contributed by atoms with Gasteiger partial charge in [0.25, 0.3) is 0 Å². The zero-order valence-corrected chi connectivity index (χ0v) is 15.8. The molecule has 0 bridgehead atoms. The summed E-state index contributed by atoms with van der Waals surface area (Å²) in [5, 5.41) is 16.7. The highest BCUT2D eigenvalue weighted by atomic mass is 32.1. The Balaban J connectivity index is 1.54. The standard InChI is InChI=1S/C20H18FN5OS/c21-14-4-1-3-13(9-14)16-5-2-8-25(16)19-7-6-18-22-10-17(26(18)24-19)15-12-28-20(11-27)23-15/h1,3-4,6-7,9-10,12,16,27H,2,5,8,11H2. The zero-order chi connectivity index (χ0) is 19.1. The van der Waals surface area contributed by atoms with Gasteiger partial charge in [0, 0.05) is 11.9 Å². The van der Waals surface area contributed by atoms with Crippen LogP contribution in [0.1, 0.15) is 29.5 Å². The van der Waals surface area contributed by atoms with Gasteiger partial charge in [0.15, 0.2) is 5.65 Å². The molecule has 0 spiro atoms. The van der Waals surface area contributed by atoms with Gasteiger partial charge in [-0.2, -0.15) is 0 Å². The van der Waals surface area contributed by atoms with Crippen LogP contribution >= 0.6 is 11.3 Å². The van der Waals surface area contributed by atoms with E-state index in [-0.39, 0.29) is 18.5 Å². The van der Waals surface area contributed by atoms with Gasteiger partial charge >= 0.3 is 0 Å². The average Bonchev–Trinajstić information content (AvgIpc) is 3.45. The maximum Gasteiger partial charge on any atom is 0.154 e. The number of rotatable bonds is 4. The second-order valence-corrected chi connectivity index (χ2v) is 7.74. The highest BCUT2D eigenvalue weighted by Crippen LogP contribution is 2.35. The van der Waals surface area contributed by atoms with Gasteiger partial charge in [-0.1, -0.05) is 12.1 Å². The van der Waals surface area contributed by atoms with E-state index in [2.05, 4.69) is 14.9 Å². The number of imidazole rings is 1. The second-order valence-electron chi connectivity index (χ2n) is 6.80. The van der Waals surface area contributed by atoms with Crippen molar-refractivity contribution in [3.8, 4) is 11.4 Å². The number of benzene rings is 1. The Kier molecular flexibility index (Phi) is 4.29. The van der Waals surface area contributed by atoms with Gasteiger partial charge < -0.3 is 10.0 Å². The van der Waals surface area contributed by atoms with Crippen molar-refractivity contribution >= 4 is 22.8 Å². The average molecular weight is 395 g/mol. The summed E-state index contributed by atoms with van der Waals surface area (Å²) in [6.45, 7) is 0.790.